The fourth-order valence-electron chi connectivity index (χ4n) is 2.02. The molecule has 1 rings (SSSR count). The van der Waals surface area contributed by atoms with Crippen LogP contribution in [0.5, 0.6) is 0 Å². The van der Waals surface area contributed by atoms with E-state index in [9.17, 15) is 0 Å². The van der Waals surface area contributed by atoms with Gasteiger partial charge in [-0.1, -0.05) is 27.7 Å². The zero-order chi connectivity index (χ0) is 13.3. The largest absolute Gasteiger partial charge is 0.411 e. The Hall–Kier alpha value is 0.137. The van der Waals surface area contributed by atoms with Crippen LogP contribution >= 0.6 is 0 Å². The Morgan fingerprint density at radius 1 is 1.35 bits per heavy atom. The summed E-state index contributed by atoms with van der Waals surface area (Å²) in [4.78, 5) is 0. The van der Waals surface area contributed by atoms with Crippen molar-refractivity contribution in [3.05, 3.63) is 0 Å². The normalized spacial score (nSPS) is 31.6. The molecular formula is C14H30O2Si. The first-order valence-electron chi connectivity index (χ1n) is 6.94. The van der Waals surface area contributed by atoms with Gasteiger partial charge < -0.3 is 9.16 Å². The lowest BCUT2D eigenvalue weighted by Gasteiger charge is -2.47. The molecule has 1 aliphatic heterocycles. The highest BCUT2D eigenvalue weighted by molar-refractivity contribution is 6.74. The Morgan fingerprint density at radius 3 is 2.41 bits per heavy atom. The third kappa shape index (κ3) is 3.33. The quantitative estimate of drug-likeness (QED) is 0.700. The molecule has 17 heavy (non-hydrogen) atoms. The van der Waals surface area contributed by atoms with Gasteiger partial charge in [-0.05, 0) is 44.3 Å². The fraction of sp³-hybridized carbons (Fsp3) is 1.00. The van der Waals surface area contributed by atoms with Crippen LogP contribution in [-0.4, -0.2) is 26.6 Å². The summed E-state index contributed by atoms with van der Waals surface area (Å²) in [6.07, 6.45) is 3.60. The van der Waals surface area contributed by atoms with E-state index in [1.165, 1.54) is 0 Å². The molecule has 0 saturated carbocycles. The molecule has 0 N–H and O–H groups in total. The molecule has 2 nitrogen and oxygen atoms in total. The van der Waals surface area contributed by atoms with E-state index in [0.29, 0.717) is 0 Å². The van der Waals surface area contributed by atoms with E-state index >= 15 is 0 Å². The summed E-state index contributed by atoms with van der Waals surface area (Å²) in [5, 5.41) is 0.277. The Kier molecular flexibility index (Phi) is 4.49. The molecular weight excluding hydrogens is 228 g/mol. The number of hydrogen-bond donors (Lipinski definition) is 0. The van der Waals surface area contributed by atoms with Crippen molar-refractivity contribution in [2.45, 2.75) is 83.7 Å². The third-order valence-electron chi connectivity index (χ3n) is 4.67. The molecule has 1 aliphatic rings. The summed E-state index contributed by atoms with van der Waals surface area (Å²) in [7, 11) is -1.68. The van der Waals surface area contributed by atoms with E-state index in [2.05, 4.69) is 47.7 Å². The molecule has 0 spiro atoms. The van der Waals surface area contributed by atoms with Gasteiger partial charge in [-0.25, -0.2) is 0 Å². The van der Waals surface area contributed by atoms with Crippen molar-refractivity contribution in [3.8, 4) is 0 Å². The zero-order valence-electron chi connectivity index (χ0n) is 12.7. The summed E-state index contributed by atoms with van der Waals surface area (Å²) in [5.74, 6) is 0. The Bertz CT molecular complexity index is 257. The minimum atomic E-state index is -1.68. The van der Waals surface area contributed by atoms with E-state index in [-0.39, 0.29) is 16.7 Å². The Morgan fingerprint density at radius 2 is 1.94 bits per heavy atom. The predicted molar refractivity (Wildman–Crippen MR) is 76.0 cm³/mol. The standard InChI is InChI=1S/C14H30O2Si/c1-8-14(5)12(10-9-11-15-14)16-17(6,7)13(2,3)4/h12H,8-11H2,1-7H3/t12-,14+/m0/s1. The van der Waals surface area contributed by atoms with E-state index in [1.54, 1.807) is 0 Å². The summed E-state index contributed by atoms with van der Waals surface area (Å²) >= 11 is 0. The van der Waals surface area contributed by atoms with Crippen molar-refractivity contribution >= 4 is 8.32 Å². The van der Waals surface area contributed by atoms with Gasteiger partial charge in [0.2, 0.25) is 0 Å². The molecule has 0 aromatic heterocycles. The average Bonchev–Trinajstić information content (AvgIpc) is 2.20. The first-order valence-corrected chi connectivity index (χ1v) is 9.85. The highest BCUT2D eigenvalue weighted by Gasteiger charge is 2.45. The van der Waals surface area contributed by atoms with Gasteiger partial charge in [0.1, 0.15) is 0 Å². The van der Waals surface area contributed by atoms with Gasteiger partial charge in [0.15, 0.2) is 8.32 Å². The summed E-state index contributed by atoms with van der Waals surface area (Å²) in [6, 6.07) is 0. The maximum atomic E-state index is 6.56. The van der Waals surface area contributed by atoms with Gasteiger partial charge in [0.25, 0.3) is 0 Å². The van der Waals surface area contributed by atoms with E-state index < -0.39 is 8.32 Å². The first kappa shape index (κ1) is 15.2. The lowest BCUT2D eigenvalue weighted by Crippen LogP contribution is -2.54. The zero-order valence-corrected chi connectivity index (χ0v) is 13.7. The van der Waals surface area contributed by atoms with Gasteiger partial charge in [0.05, 0.1) is 11.7 Å². The van der Waals surface area contributed by atoms with Crippen molar-refractivity contribution in [1.29, 1.82) is 0 Å². The second-order valence-corrected chi connectivity index (χ2v) is 11.8. The minimum absolute atomic E-state index is 0.0756. The van der Waals surface area contributed by atoms with Gasteiger partial charge in [-0.3, -0.25) is 0 Å². The molecule has 102 valence electrons. The van der Waals surface area contributed by atoms with Crippen molar-refractivity contribution < 1.29 is 9.16 Å². The second-order valence-electron chi connectivity index (χ2n) is 7.02. The Labute approximate surface area is 108 Å². The van der Waals surface area contributed by atoms with Crippen LogP contribution in [0.15, 0.2) is 0 Å². The molecule has 3 heteroatoms. The predicted octanol–water partition coefficient (Wildman–Crippen LogP) is 4.36. The molecule has 0 amide bonds. The monoisotopic (exact) mass is 258 g/mol. The van der Waals surface area contributed by atoms with Crippen LogP contribution in [0, 0.1) is 0 Å². The molecule has 1 fully saturated rings. The smallest absolute Gasteiger partial charge is 0.192 e. The molecule has 0 bridgehead atoms. The average molecular weight is 258 g/mol. The van der Waals surface area contributed by atoms with Gasteiger partial charge in [-0.2, -0.15) is 0 Å². The maximum absolute atomic E-state index is 6.56. The van der Waals surface area contributed by atoms with Crippen molar-refractivity contribution in [2.75, 3.05) is 6.61 Å². The van der Waals surface area contributed by atoms with Crippen molar-refractivity contribution in [2.24, 2.45) is 0 Å². The Balaban J connectivity index is 2.78. The minimum Gasteiger partial charge on any atom is -0.411 e. The molecule has 0 unspecified atom stereocenters. The van der Waals surface area contributed by atoms with E-state index in [0.717, 1.165) is 25.9 Å². The van der Waals surface area contributed by atoms with Crippen LogP contribution in [0.2, 0.25) is 18.1 Å². The summed E-state index contributed by atoms with van der Waals surface area (Å²) < 4.78 is 12.5. The lowest BCUT2D eigenvalue weighted by molar-refractivity contribution is -0.139. The van der Waals surface area contributed by atoms with E-state index in [4.69, 9.17) is 9.16 Å². The molecule has 0 radical (unpaired) electrons. The molecule has 1 saturated heterocycles. The van der Waals surface area contributed by atoms with Gasteiger partial charge in [-0.15, -0.1) is 0 Å². The van der Waals surface area contributed by atoms with E-state index in [1.807, 2.05) is 0 Å². The topological polar surface area (TPSA) is 18.5 Å². The summed E-state index contributed by atoms with van der Waals surface area (Å²) in [5.41, 5.74) is -0.0756. The SMILES string of the molecule is CC[C@@]1(C)OCCC[C@@H]1O[Si](C)(C)C(C)(C)C. The van der Waals surface area contributed by atoms with Crippen LogP contribution in [0.3, 0.4) is 0 Å². The fourth-order valence-corrected chi connectivity index (χ4v) is 3.45. The van der Waals surface area contributed by atoms with Crippen molar-refractivity contribution in [3.63, 3.8) is 0 Å². The van der Waals surface area contributed by atoms with Crippen LogP contribution in [0.1, 0.15) is 53.9 Å². The number of rotatable bonds is 3. The molecule has 0 aromatic rings. The number of hydrogen-bond acceptors (Lipinski definition) is 2. The maximum Gasteiger partial charge on any atom is 0.192 e. The first-order chi connectivity index (χ1) is 7.62. The lowest BCUT2D eigenvalue weighted by atomic mass is 9.90. The number of ether oxygens (including phenoxy) is 1. The van der Waals surface area contributed by atoms with Gasteiger partial charge in [0, 0.05) is 6.61 Å². The molecule has 1 heterocycles. The highest BCUT2D eigenvalue weighted by Crippen LogP contribution is 2.41. The molecule has 2 atom stereocenters. The van der Waals surface area contributed by atoms with Crippen LogP contribution < -0.4 is 0 Å². The third-order valence-corrected chi connectivity index (χ3v) is 9.15. The van der Waals surface area contributed by atoms with Crippen LogP contribution in [0.25, 0.3) is 0 Å². The second kappa shape index (κ2) is 5.02. The summed E-state index contributed by atoms with van der Waals surface area (Å²) in [6.45, 7) is 16.9. The molecule has 0 aliphatic carbocycles. The van der Waals surface area contributed by atoms with Crippen LogP contribution in [0.4, 0.5) is 0 Å². The van der Waals surface area contributed by atoms with Crippen LogP contribution in [-0.2, 0) is 9.16 Å². The van der Waals surface area contributed by atoms with Gasteiger partial charge >= 0.3 is 0 Å². The highest BCUT2D eigenvalue weighted by atomic mass is 28.4. The molecule has 0 aromatic carbocycles. The van der Waals surface area contributed by atoms with Crippen molar-refractivity contribution in [1.82, 2.24) is 0 Å².